The van der Waals surface area contributed by atoms with Crippen LogP contribution in [0.5, 0.6) is 0 Å². The Morgan fingerprint density at radius 1 is 1.00 bits per heavy atom. The lowest BCUT2D eigenvalue weighted by Gasteiger charge is -2.35. The van der Waals surface area contributed by atoms with E-state index in [1.807, 2.05) is 51.1 Å². The summed E-state index contributed by atoms with van der Waals surface area (Å²) in [5.41, 5.74) is 3.23. The molecule has 1 N–H and O–H groups in total. The van der Waals surface area contributed by atoms with Crippen molar-refractivity contribution in [2.75, 3.05) is 31.5 Å². The second-order valence-electron chi connectivity index (χ2n) is 10.5. The molecule has 1 aromatic heterocycles. The van der Waals surface area contributed by atoms with Gasteiger partial charge in [-0.25, -0.2) is 14.2 Å². The Labute approximate surface area is 226 Å². The fraction of sp³-hybridized carbons (Fsp3) is 0.300. The molecule has 2 amide bonds. The van der Waals surface area contributed by atoms with Crippen LogP contribution in [0, 0.1) is 5.82 Å². The molecule has 4 aromatic rings. The van der Waals surface area contributed by atoms with E-state index in [1.165, 1.54) is 18.2 Å². The van der Waals surface area contributed by atoms with Crippen LogP contribution in [0.4, 0.5) is 14.9 Å². The fourth-order valence-corrected chi connectivity index (χ4v) is 4.51. The molecule has 9 heteroatoms. The molecular formula is C30H31FN4O4. The highest BCUT2D eigenvalue weighted by Crippen LogP contribution is 2.32. The van der Waals surface area contributed by atoms with Gasteiger partial charge in [0.05, 0.1) is 11.3 Å². The van der Waals surface area contributed by atoms with E-state index in [0.29, 0.717) is 42.4 Å². The van der Waals surface area contributed by atoms with Crippen molar-refractivity contribution in [3.63, 3.8) is 0 Å². The molecular weight excluding hydrogens is 499 g/mol. The van der Waals surface area contributed by atoms with Gasteiger partial charge in [-0.15, -0.1) is 0 Å². The maximum Gasteiger partial charge on any atom is 0.410 e. The van der Waals surface area contributed by atoms with E-state index in [2.05, 4.69) is 10.2 Å². The summed E-state index contributed by atoms with van der Waals surface area (Å²) in [4.78, 5) is 34.0. The summed E-state index contributed by atoms with van der Waals surface area (Å²) < 4.78 is 25.2. The van der Waals surface area contributed by atoms with Crippen molar-refractivity contribution in [3.05, 3.63) is 83.7 Å². The van der Waals surface area contributed by atoms with Gasteiger partial charge < -0.3 is 19.4 Å². The monoisotopic (exact) mass is 530 g/mol. The smallest absolute Gasteiger partial charge is 0.410 e. The van der Waals surface area contributed by atoms with Gasteiger partial charge in [0.25, 0.3) is 5.91 Å². The highest BCUT2D eigenvalue weighted by Gasteiger charge is 2.26. The number of anilines is 1. The van der Waals surface area contributed by atoms with E-state index in [0.717, 1.165) is 24.2 Å². The Hall–Kier alpha value is -4.24. The van der Waals surface area contributed by atoms with Gasteiger partial charge in [0, 0.05) is 38.3 Å². The minimum atomic E-state index is -0.518. The number of amides is 2. The fourth-order valence-electron chi connectivity index (χ4n) is 4.51. The number of aromatic nitrogens is 1. The van der Waals surface area contributed by atoms with Gasteiger partial charge in [0.1, 0.15) is 16.9 Å². The summed E-state index contributed by atoms with van der Waals surface area (Å²) in [7, 11) is 0. The summed E-state index contributed by atoms with van der Waals surface area (Å²) in [5.74, 6) is -0.528. The van der Waals surface area contributed by atoms with E-state index in [4.69, 9.17) is 14.1 Å². The number of nitrogens with zero attached hydrogens (tertiary/aromatic N) is 3. The Morgan fingerprint density at radius 3 is 2.49 bits per heavy atom. The van der Waals surface area contributed by atoms with Crippen LogP contribution in [-0.4, -0.2) is 58.6 Å². The minimum absolute atomic E-state index is 0.219. The summed E-state index contributed by atoms with van der Waals surface area (Å²) >= 11 is 0. The standard InChI is InChI=1S/C30H31FN4O4/c1-30(2,3)39-29(37)35-16-14-34(15-17-35)19-21-9-7-13-25-26(21)33-28(38-25)23-11-4-5-12-24(23)32-27(36)20-8-6-10-22(31)18-20/h4-13,18H,14-17,19H2,1-3H3,(H,32,36). The molecule has 202 valence electrons. The summed E-state index contributed by atoms with van der Waals surface area (Å²) in [6.07, 6.45) is -0.284. The van der Waals surface area contributed by atoms with E-state index in [1.54, 1.807) is 23.1 Å². The van der Waals surface area contributed by atoms with Crippen molar-refractivity contribution >= 4 is 28.8 Å². The van der Waals surface area contributed by atoms with Crippen molar-refractivity contribution in [3.8, 4) is 11.5 Å². The van der Waals surface area contributed by atoms with Crippen molar-refractivity contribution < 1.29 is 23.1 Å². The number of hydrogen-bond donors (Lipinski definition) is 1. The zero-order valence-corrected chi connectivity index (χ0v) is 22.2. The molecule has 39 heavy (non-hydrogen) atoms. The van der Waals surface area contributed by atoms with Crippen molar-refractivity contribution in [2.24, 2.45) is 0 Å². The molecule has 0 saturated carbocycles. The molecule has 0 atom stereocenters. The molecule has 1 saturated heterocycles. The third kappa shape index (κ3) is 6.26. The predicted octanol–water partition coefficient (Wildman–Crippen LogP) is 5.94. The number of ether oxygens (including phenoxy) is 1. The van der Waals surface area contributed by atoms with Crippen LogP contribution in [0.1, 0.15) is 36.7 Å². The number of para-hydroxylation sites is 2. The zero-order chi connectivity index (χ0) is 27.6. The largest absolute Gasteiger partial charge is 0.444 e. The first-order valence-corrected chi connectivity index (χ1v) is 12.9. The van der Waals surface area contributed by atoms with Crippen LogP contribution in [0.15, 0.2) is 71.1 Å². The molecule has 2 heterocycles. The van der Waals surface area contributed by atoms with Crippen LogP contribution in [0.2, 0.25) is 0 Å². The van der Waals surface area contributed by atoms with Crippen LogP contribution >= 0.6 is 0 Å². The number of piperazine rings is 1. The number of benzene rings is 3. The van der Waals surface area contributed by atoms with Gasteiger partial charge >= 0.3 is 6.09 Å². The molecule has 0 unspecified atom stereocenters. The minimum Gasteiger partial charge on any atom is -0.444 e. The first-order valence-electron chi connectivity index (χ1n) is 12.9. The second-order valence-corrected chi connectivity index (χ2v) is 10.5. The average Bonchev–Trinajstić information content (AvgIpc) is 3.34. The zero-order valence-electron chi connectivity index (χ0n) is 22.2. The van der Waals surface area contributed by atoms with Crippen LogP contribution < -0.4 is 5.32 Å². The lowest BCUT2D eigenvalue weighted by molar-refractivity contribution is 0.0139. The third-order valence-corrected chi connectivity index (χ3v) is 6.41. The second kappa shape index (κ2) is 10.9. The SMILES string of the molecule is CC(C)(C)OC(=O)N1CCN(Cc2cccc3oc(-c4ccccc4NC(=O)c4cccc(F)c4)nc23)CC1. The Balaban J connectivity index is 1.32. The van der Waals surface area contributed by atoms with Crippen LogP contribution in [-0.2, 0) is 11.3 Å². The molecule has 0 spiro atoms. The topological polar surface area (TPSA) is 87.9 Å². The van der Waals surface area contributed by atoms with Gasteiger partial charge in [-0.2, -0.15) is 0 Å². The number of nitrogens with one attached hydrogen (secondary N) is 1. The first kappa shape index (κ1) is 26.4. The summed E-state index contributed by atoms with van der Waals surface area (Å²) in [6.45, 7) is 8.87. The van der Waals surface area contributed by atoms with Crippen molar-refractivity contribution in [2.45, 2.75) is 32.9 Å². The third-order valence-electron chi connectivity index (χ3n) is 6.41. The molecule has 1 aliphatic heterocycles. The molecule has 0 radical (unpaired) electrons. The van der Waals surface area contributed by atoms with Crippen LogP contribution in [0.25, 0.3) is 22.6 Å². The average molecular weight is 531 g/mol. The number of rotatable bonds is 5. The first-order chi connectivity index (χ1) is 18.7. The maximum absolute atomic E-state index is 13.6. The van der Waals surface area contributed by atoms with Gasteiger partial charge in [-0.05, 0) is 62.7 Å². The van der Waals surface area contributed by atoms with Gasteiger partial charge in [0.15, 0.2) is 5.58 Å². The molecule has 5 rings (SSSR count). The van der Waals surface area contributed by atoms with Gasteiger partial charge in [-0.3, -0.25) is 9.69 Å². The van der Waals surface area contributed by atoms with E-state index < -0.39 is 17.3 Å². The van der Waals surface area contributed by atoms with E-state index in [-0.39, 0.29) is 11.7 Å². The normalized spacial score (nSPS) is 14.4. The Kier molecular flexibility index (Phi) is 7.34. The number of carbonyl (C=O) groups is 2. The van der Waals surface area contributed by atoms with Gasteiger partial charge in [-0.1, -0.05) is 30.3 Å². The number of fused-ring (bicyclic) bond motifs is 1. The van der Waals surface area contributed by atoms with Crippen molar-refractivity contribution in [1.82, 2.24) is 14.8 Å². The summed E-state index contributed by atoms with van der Waals surface area (Å²) in [6, 6.07) is 18.6. The number of oxazole rings is 1. The lowest BCUT2D eigenvalue weighted by Crippen LogP contribution is -2.49. The quantitative estimate of drug-likeness (QED) is 0.344. The van der Waals surface area contributed by atoms with Gasteiger partial charge in [0.2, 0.25) is 5.89 Å². The van der Waals surface area contributed by atoms with Crippen LogP contribution in [0.3, 0.4) is 0 Å². The molecule has 0 bridgehead atoms. The summed E-state index contributed by atoms with van der Waals surface area (Å²) in [5, 5.41) is 2.85. The predicted molar refractivity (Wildman–Crippen MR) is 147 cm³/mol. The highest BCUT2D eigenvalue weighted by atomic mass is 19.1. The maximum atomic E-state index is 13.6. The number of hydrogen-bond acceptors (Lipinski definition) is 6. The van der Waals surface area contributed by atoms with E-state index >= 15 is 0 Å². The molecule has 1 aliphatic rings. The van der Waals surface area contributed by atoms with Crippen molar-refractivity contribution in [1.29, 1.82) is 0 Å². The molecule has 1 fully saturated rings. The number of halogens is 1. The Bertz CT molecular complexity index is 1500. The molecule has 0 aliphatic carbocycles. The molecule has 8 nitrogen and oxygen atoms in total. The lowest BCUT2D eigenvalue weighted by atomic mass is 10.1. The Morgan fingerprint density at radius 2 is 1.74 bits per heavy atom. The van der Waals surface area contributed by atoms with E-state index in [9.17, 15) is 14.0 Å². The molecule has 3 aromatic carbocycles. The number of carbonyl (C=O) groups excluding carboxylic acids is 2. The highest BCUT2D eigenvalue weighted by molar-refractivity contribution is 6.06.